The molecule has 0 saturated carbocycles. The first-order valence-corrected chi connectivity index (χ1v) is 11.2. The second kappa shape index (κ2) is 9.25. The summed E-state index contributed by atoms with van der Waals surface area (Å²) >= 11 is 0. The number of amides is 1. The van der Waals surface area contributed by atoms with Crippen LogP contribution in [0, 0.1) is 0 Å². The number of carbonyl (C=O) groups excluding carboxylic acids is 2. The van der Waals surface area contributed by atoms with Crippen LogP contribution in [0.2, 0.25) is 0 Å². The van der Waals surface area contributed by atoms with Crippen molar-refractivity contribution in [2.75, 3.05) is 19.9 Å². The van der Waals surface area contributed by atoms with Crippen LogP contribution in [-0.2, 0) is 30.9 Å². The molecule has 0 atom stereocenters. The van der Waals surface area contributed by atoms with Crippen molar-refractivity contribution < 1.29 is 32.2 Å². The van der Waals surface area contributed by atoms with E-state index in [9.17, 15) is 18.0 Å². The Kier molecular flexibility index (Phi) is 6.24. The molecule has 166 valence electrons. The minimum atomic E-state index is -3.91. The van der Waals surface area contributed by atoms with Gasteiger partial charge >= 0.3 is 5.97 Å². The van der Waals surface area contributed by atoms with Crippen LogP contribution >= 0.6 is 0 Å². The Balaban J connectivity index is 1.23. The topological polar surface area (TPSA) is 120 Å². The van der Waals surface area contributed by atoms with E-state index in [2.05, 4.69) is 10.0 Å². The molecule has 0 saturated heterocycles. The summed E-state index contributed by atoms with van der Waals surface area (Å²) in [5, 5.41) is 4.27. The van der Waals surface area contributed by atoms with E-state index in [1.165, 1.54) is 12.1 Å². The van der Waals surface area contributed by atoms with Gasteiger partial charge in [0.05, 0.1) is 4.90 Å². The lowest BCUT2D eigenvalue weighted by Gasteiger charge is -2.09. The van der Waals surface area contributed by atoms with Gasteiger partial charge in [-0.05, 0) is 40.6 Å². The number of esters is 1. The Labute approximate surface area is 184 Å². The van der Waals surface area contributed by atoms with Crippen molar-refractivity contribution in [3.63, 3.8) is 0 Å². The molecule has 1 aliphatic rings. The largest absolute Gasteiger partial charge is 0.455 e. The molecule has 0 aromatic heterocycles. The first-order valence-electron chi connectivity index (χ1n) is 9.70. The summed E-state index contributed by atoms with van der Waals surface area (Å²) in [7, 11) is -3.91. The highest BCUT2D eigenvalue weighted by Crippen LogP contribution is 2.32. The number of carbonyl (C=O) groups is 2. The Morgan fingerprint density at radius 1 is 0.938 bits per heavy atom. The monoisotopic (exact) mass is 456 g/mol. The average Bonchev–Trinajstić information content (AvgIpc) is 3.27. The number of benzene rings is 3. The molecule has 0 aliphatic carbocycles. The van der Waals surface area contributed by atoms with Crippen LogP contribution < -0.4 is 19.5 Å². The van der Waals surface area contributed by atoms with Gasteiger partial charge in [-0.2, -0.15) is 4.72 Å². The van der Waals surface area contributed by atoms with Gasteiger partial charge in [-0.1, -0.05) is 36.4 Å². The minimum absolute atomic E-state index is 0.0328. The predicted octanol–water partition coefficient (Wildman–Crippen LogP) is 1.71. The third-order valence-electron chi connectivity index (χ3n) is 4.73. The molecule has 1 aliphatic heterocycles. The number of nitrogens with one attached hydrogen (secondary N) is 2. The molecule has 3 aromatic rings. The molecule has 32 heavy (non-hydrogen) atoms. The van der Waals surface area contributed by atoms with Gasteiger partial charge in [-0.3, -0.25) is 9.59 Å². The van der Waals surface area contributed by atoms with Gasteiger partial charge in [0, 0.05) is 6.54 Å². The van der Waals surface area contributed by atoms with E-state index in [4.69, 9.17) is 14.2 Å². The van der Waals surface area contributed by atoms with Crippen LogP contribution in [0.15, 0.2) is 65.6 Å². The van der Waals surface area contributed by atoms with E-state index < -0.39 is 35.1 Å². The van der Waals surface area contributed by atoms with Crippen molar-refractivity contribution in [1.29, 1.82) is 0 Å². The van der Waals surface area contributed by atoms with Gasteiger partial charge in [-0.15, -0.1) is 0 Å². The van der Waals surface area contributed by atoms with Crippen LogP contribution in [0.3, 0.4) is 0 Å². The third-order valence-corrected chi connectivity index (χ3v) is 6.13. The molecule has 9 nitrogen and oxygen atoms in total. The fraction of sp³-hybridized carbons (Fsp3) is 0.182. The van der Waals surface area contributed by atoms with Gasteiger partial charge in [0.15, 0.2) is 18.1 Å². The second-order valence-corrected chi connectivity index (χ2v) is 8.73. The predicted molar refractivity (Wildman–Crippen MR) is 115 cm³/mol. The molecular weight excluding hydrogens is 436 g/mol. The fourth-order valence-electron chi connectivity index (χ4n) is 3.07. The Morgan fingerprint density at radius 2 is 1.72 bits per heavy atom. The van der Waals surface area contributed by atoms with Crippen molar-refractivity contribution >= 4 is 32.7 Å². The maximum atomic E-state index is 12.4. The molecule has 0 spiro atoms. The number of ether oxygens (including phenoxy) is 3. The second-order valence-electron chi connectivity index (χ2n) is 6.96. The number of hydrogen-bond donors (Lipinski definition) is 2. The number of hydrogen-bond acceptors (Lipinski definition) is 7. The lowest BCUT2D eigenvalue weighted by atomic mass is 10.1. The summed E-state index contributed by atoms with van der Waals surface area (Å²) in [4.78, 5) is 23.8. The molecule has 2 N–H and O–H groups in total. The van der Waals surface area contributed by atoms with Crippen molar-refractivity contribution in [3.8, 4) is 11.5 Å². The first-order chi connectivity index (χ1) is 15.4. The normalized spacial score (nSPS) is 12.5. The lowest BCUT2D eigenvalue weighted by molar-refractivity contribution is -0.147. The summed E-state index contributed by atoms with van der Waals surface area (Å²) in [6.07, 6.45) is 0. The van der Waals surface area contributed by atoms with Crippen LogP contribution in [-0.4, -0.2) is 40.2 Å². The Bertz CT molecular complexity index is 1270. The maximum absolute atomic E-state index is 12.4. The highest BCUT2D eigenvalue weighted by molar-refractivity contribution is 7.89. The van der Waals surface area contributed by atoms with Crippen molar-refractivity contribution in [1.82, 2.24) is 10.0 Å². The van der Waals surface area contributed by atoms with Crippen LogP contribution in [0.25, 0.3) is 10.8 Å². The van der Waals surface area contributed by atoms with E-state index in [1.54, 1.807) is 36.4 Å². The van der Waals surface area contributed by atoms with Crippen LogP contribution in [0.4, 0.5) is 0 Å². The van der Waals surface area contributed by atoms with E-state index in [-0.39, 0.29) is 18.2 Å². The smallest absolute Gasteiger partial charge is 0.321 e. The zero-order valence-electron chi connectivity index (χ0n) is 16.9. The molecule has 0 bridgehead atoms. The summed E-state index contributed by atoms with van der Waals surface area (Å²) in [6.45, 7) is -0.751. The molecule has 1 heterocycles. The number of sulfonamides is 1. The third kappa shape index (κ3) is 5.16. The molecule has 0 fully saturated rings. The molecular formula is C22H20N2O7S. The molecule has 3 aromatic carbocycles. The fourth-order valence-corrected chi connectivity index (χ4v) is 4.08. The van der Waals surface area contributed by atoms with Crippen molar-refractivity contribution in [2.45, 2.75) is 11.4 Å². The van der Waals surface area contributed by atoms with Gasteiger partial charge in [0.2, 0.25) is 16.8 Å². The number of fused-ring (bicyclic) bond motifs is 2. The Hall–Kier alpha value is -3.63. The highest BCUT2D eigenvalue weighted by Gasteiger charge is 2.17. The molecule has 4 rings (SSSR count). The van der Waals surface area contributed by atoms with Gasteiger partial charge in [0.25, 0.3) is 5.91 Å². The molecule has 10 heteroatoms. The standard InChI is InChI=1S/C22H20N2O7S/c25-21(23-11-15-5-8-19-20(9-15)31-14-30-19)13-29-22(26)12-24-32(27,28)18-7-6-16-3-1-2-4-17(16)10-18/h1-10,24H,11-14H2,(H,23,25). The van der Waals surface area contributed by atoms with Crippen molar-refractivity contribution in [3.05, 3.63) is 66.2 Å². The lowest BCUT2D eigenvalue weighted by Crippen LogP contribution is -2.33. The minimum Gasteiger partial charge on any atom is -0.455 e. The van der Waals surface area contributed by atoms with E-state index in [0.717, 1.165) is 16.3 Å². The Morgan fingerprint density at radius 3 is 2.56 bits per heavy atom. The van der Waals surface area contributed by atoms with Gasteiger partial charge in [0.1, 0.15) is 6.54 Å². The highest BCUT2D eigenvalue weighted by atomic mass is 32.2. The molecule has 1 amide bonds. The zero-order chi connectivity index (χ0) is 22.6. The van der Waals surface area contributed by atoms with Gasteiger partial charge < -0.3 is 19.5 Å². The maximum Gasteiger partial charge on any atom is 0.321 e. The van der Waals surface area contributed by atoms with E-state index in [1.807, 2.05) is 12.1 Å². The summed E-state index contributed by atoms with van der Waals surface area (Å²) in [6, 6.07) is 17.3. The van der Waals surface area contributed by atoms with E-state index in [0.29, 0.717) is 11.5 Å². The summed E-state index contributed by atoms with van der Waals surface area (Å²) in [5.41, 5.74) is 0.789. The molecule has 0 radical (unpaired) electrons. The average molecular weight is 456 g/mol. The summed E-state index contributed by atoms with van der Waals surface area (Å²) in [5.74, 6) is -0.150. The zero-order valence-corrected chi connectivity index (χ0v) is 17.7. The van der Waals surface area contributed by atoms with Crippen LogP contribution in [0.5, 0.6) is 11.5 Å². The number of rotatable bonds is 8. The first kappa shape index (κ1) is 21.6. The quantitative estimate of drug-likeness (QED) is 0.495. The van der Waals surface area contributed by atoms with Crippen molar-refractivity contribution in [2.24, 2.45) is 0 Å². The van der Waals surface area contributed by atoms with Crippen LogP contribution in [0.1, 0.15) is 5.56 Å². The summed E-state index contributed by atoms with van der Waals surface area (Å²) < 4.78 is 42.4. The van der Waals surface area contributed by atoms with E-state index >= 15 is 0 Å². The molecule has 0 unspecified atom stereocenters. The van der Waals surface area contributed by atoms with Gasteiger partial charge in [-0.25, -0.2) is 8.42 Å². The SMILES string of the molecule is O=C(COC(=O)CNS(=O)(=O)c1ccc2ccccc2c1)NCc1ccc2c(c1)OCO2.